The zero-order valence-electron chi connectivity index (χ0n) is 10.8. The van der Waals surface area contributed by atoms with Crippen LogP contribution in [-0.2, 0) is 0 Å². The van der Waals surface area contributed by atoms with E-state index >= 15 is 0 Å². The van der Waals surface area contributed by atoms with Gasteiger partial charge in [0.05, 0.1) is 0 Å². The number of hydrogen-bond acceptors (Lipinski definition) is 2. The highest BCUT2D eigenvalue weighted by molar-refractivity contribution is 7.98. The predicted octanol–water partition coefficient (Wildman–Crippen LogP) is 3.71. The first-order valence-corrected chi connectivity index (χ1v) is 7.34. The van der Waals surface area contributed by atoms with Crippen LogP contribution in [0, 0.1) is 13.8 Å². The van der Waals surface area contributed by atoms with Crippen LogP contribution in [-0.4, -0.2) is 18.6 Å². The van der Waals surface area contributed by atoms with Gasteiger partial charge in [-0.25, -0.2) is 0 Å². The van der Waals surface area contributed by atoms with E-state index in [4.69, 9.17) is 0 Å². The number of thioether (sulfide) groups is 1. The van der Waals surface area contributed by atoms with Crippen molar-refractivity contribution < 1.29 is 0 Å². The monoisotopic (exact) mass is 237 g/mol. The Hall–Kier alpha value is -0.470. The summed E-state index contributed by atoms with van der Waals surface area (Å²) in [4.78, 5) is 0. The molecule has 1 atom stereocenters. The molecule has 1 aromatic carbocycles. The zero-order valence-corrected chi connectivity index (χ0v) is 11.7. The Labute approximate surface area is 104 Å². The minimum atomic E-state index is 0.460. The summed E-state index contributed by atoms with van der Waals surface area (Å²) in [5, 5.41) is 3.59. The lowest BCUT2D eigenvalue weighted by Crippen LogP contribution is -2.21. The number of benzene rings is 1. The highest BCUT2D eigenvalue weighted by atomic mass is 32.2. The van der Waals surface area contributed by atoms with Gasteiger partial charge in [-0.2, -0.15) is 11.8 Å². The maximum Gasteiger partial charge on any atom is 0.0294 e. The van der Waals surface area contributed by atoms with Crippen molar-refractivity contribution in [1.82, 2.24) is 5.32 Å². The number of aryl methyl sites for hydroxylation is 1. The van der Waals surface area contributed by atoms with E-state index in [-0.39, 0.29) is 0 Å². The molecular weight excluding hydrogens is 214 g/mol. The summed E-state index contributed by atoms with van der Waals surface area (Å²) in [7, 11) is 0. The second-order valence-corrected chi connectivity index (χ2v) is 5.30. The van der Waals surface area contributed by atoms with Crippen LogP contribution in [0.1, 0.15) is 36.1 Å². The van der Waals surface area contributed by atoms with Crippen LogP contribution in [0.4, 0.5) is 0 Å². The lowest BCUT2D eigenvalue weighted by atomic mass is 9.98. The van der Waals surface area contributed by atoms with E-state index in [1.54, 1.807) is 0 Å². The molecule has 1 N–H and O–H groups in total. The van der Waals surface area contributed by atoms with Crippen LogP contribution in [0.5, 0.6) is 0 Å². The Bertz CT molecular complexity index is 323. The molecule has 0 bridgehead atoms. The SMILES string of the molecule is CSCCCNC(C)c1cccc(C)c1C. The van der Waals surface area contributed by atoms with Gasteiger partial charge in [0.2, 0.25) is 0 Å². The lowest BCUT2D eigenvalue weighted by Gasteiger charge is -2.17. The topological polar surface area (TPSA) is 12.0 Å². The van der Waals surface area contributed by atoms with Crippen LogP contribution >= 0.6 is 11.8 Å². The maximum absolute atomic E-state index is 3.59. The Kier molecular flexibility index (Phi) is 5.93. The van der Waals surface area contributed by atoms with Crippen molar-refractivity contribution in [2.24, 2.45) is 0 Å². The Morgan fingerprint density at radius 1 is 1.31 bits per heavy atom. The van der Waals surface area contributed by atoms with Gasteiger partial charge in [-0.1, -0.05) is 18.2 Å². The third-order valence-electron chi connectivity index (χ3n) is 3.09. The Morgan fingerprint density at radius 3 is 2.75 bits per heavy atom. The van der Waals surface area contributed by atoms with Crippen molar-refractivity contribution in [3.05, 3.63) is 34.9 Å². The first kappa shape index (κ1) is 13.6. The predicted molar refractivity (Wildman–Crippen MR) is 75.3 cm³/mol. The highest BCUT2D eigenvalue weighted by Crippen LogP contribution is 2.19. The molecule has 0 saturated carbocycles. The van der Waals surface area contributed by atoms with Crippen LogP contribution in [0.3, 0.4) is 0 Å². The molecular formula is C14H23NS. The van der Waals surface area contributed by atoms with Gasteiger partial charge in [0.1, 0.15) is 0 Å². The third-order valence-corrected chi connectivity index (χ3v) is 3.79. The van der Waals surface area contributed by atoms with Crippen molar-refractivity contribution in [1.29, 1.82) is 0 Å². The van der Waals surface area contributed by atoms with Gasteiger partial charge in [0, 0.05) is 6.04 Å². The molecule has 0 aliphatic carbocycles. The summed E-state index contributed by atoms with van der Waals surface area (Å²) in [5.41, 5.74) is 4.24. The van der Waals surface area contributed by atoms with Gasteiger partial charge in [-0.3, -0.25) is 0 Å². The van der Waals surface area contributed by atoms with Crippen molar-refractivity contribution >= 4 is 11.8 Å². The first-order valence-electron chi connectivity index (χ1n) is 5.95. The fourth-order valence-corrected chi connectivity index (χ4v) is 2.32. The largest absolute Gasteiger partial charge is 0.310 e. The Balaban J connectivity index is 2.52. The molecule has 0 saturated heterocycles. The maximum atomic E-state index is 3.59. The molecule has 0 radical (unpaired) electrons. The molecule has 16 heavy (non-hydrogen) atoms. The summed E-state index contributed by atoms with van der Waals surface area (Å²) in [5.74, 6) is 1.24. The van der Waals surface area contributed by atoms with Gasteiger partial charge in [0.25, 0.3) is 0 Å². The summed E-state index contributed by atoms with van der Waals surface area (Å²) in [6.07, 6.45) is 3.41. The average molecular weight is 237 g/mol. The van der Waals surface area contributed by atoms with E-state index in [1.807, 2.05) is 11.8 Å². The lowest BCUT2D eigenvalue weighted by molar-refractivity contribution is 0.570. The summed E-state index contributed by atoms with van der Waals surface area (Å²) in [6.45, 7) is 7.75. The zero-order chi connectivity index (χ0) is 12.0. The quantitative estimate of drug-likeness (QED) is 0.757. The molecule has 0 aliphatic heterocycles. The van der Waals surface area contributed by atoms with E-state index in [2.05, 4.69) is 50.5 Å². The Morgan fingerprint density at radius 2 is 2.06 bits per heavy atom. The average Bonchev–Trinajstić information content (AvgIpc) is 2.28. The van der Waals surface area contributed by atoms with Gasteiger partial charge >= 0.3 is 0 Å². The fraction of sp³-hybridized carbons (Fsp3) is 0.571. The fourth-order valence-electron chi connectivity index (χ4n) is 1.89. The van der Waals surface area contributed by atoms with Crippen molar-refractivity contribution in [3.8, 4) is 0 Å². The van der Waals surface area contributed by atoms with E-state index in [0.717, 1.165) is 6.54 Å². The van der Waals surface area contributed by atoms with E-state index < -0.39 is 0 Å². The normalized spacial score (nSPS) is 12.8. The second kappa shape index (κ2) is 6.97. The van der Waals surface area contributed by atoms with Gasteiger partial charge in [-0.05, 0) is 62.4 Å². The molecule has 0 amide bonds. The molecule has 90 valence electrons. The van der Waals surface area contributed by atoms with Crippen molar-refractivity contribution in [2.75, 3.05) is 18.6 Å². The number of rotatable bonds is 6. The molecule has 1 rings (SSSR count). The molecule has 2 heteroatoms. The molecule has 0 heterocycles. The standard InChI is InChI=1S/C14H23NS/c1-11-7-5-8-14(12(11)2)13(3)15-9-6-10-16-4/h5,7-8,13,15H,6,9-10H2,1-4H3. The van der Waals surface area contributed by atoms with Gasteiger partial charge in [-0.15, -0.1) is 0 Å². The minimum Gasteiger partial charge on any atom is -0.310 e. The summed E-state index contributed by atoms with van der Waals surface area (Å²) < 4.78 is 0. The van der Waals surface area contributed by atoms with Crippen LogP contribution in [0.25, 0.3) is 0 Å². The second-order valence-electron chi connectivity index (χ2n) is 4.31. The molecule has 0 aliphatic rings. The smallest absolute Gasteiger partial charge is 0.0294 e. The third kappa shape index (κ3) is 3.84. The number of hydrogen-bond donors (Lipinski definition) is 1. The van der Waals surface area contributed by atoms with E-state index in [0.29, 0.717) is 6.04 Å². The molecule has 1 nitrogen and oxygen atoms in total. The molecule has 1 aromatic rings. The van der Waals surface area contributed by atoms with Crippen LogP contribution < -0.4 is 5.32 Å². The van der Waals surface area contributed by atoms with Crippen molar-refractivity contribution in [2.45, 2.75) is 33.2 Å². The van der Waals surface area contributed by atoms with E-state index in [9.17, 15) is 0 Å². The van der Waals surface area contributed by atoms with Crippen LogP contribution in [0.15, 0.2) is 18.2 Å². The first-order chi connectivity index (χ1) is 7.66. The molecule has 0 fully saturated rings. The van der Waals surface area contributed by atoms with Crippen molar-refractivity contribution in [3.63, 3.8) is 0 Å². The molecule has 0 spiro atoms. The minimum absolute atomic E-state index is 0.460. The molecule has 0 aromatic heterocycles. The number of nitrogens with one attached hydrogen (secondary N) is 1. The van der Waals surface area contributed by atoms with Gasteiger partial charge in [0.15, 0.2) is 0 Å². The van der Waals surface area contributed by atoms with Crippen LogP contribution in [0.2, 0.25) is 0 Å². The summed E-state index contributed by atoms with van der Waals surface area (Å²) >= 11 is 1.91. The van der Waals surface area contributed by atoms with E-state index in [1.165, 1.54) is 28.9 Å². The summed E-state index contributed by atoms with van der Waals surface area (Å²) in [6, 6.07) is 7.02. The molecule has 1 unspecified atom stereocenters. The van der Waals surface area contributed by atoms with Gasteiger partial charge < -0.3 is 5.32 Å². The highest BCUT2D eigenvalue weighted by Gasteiger charge is 2.08.